The summed E-state index contributed by atoms with van der Waals surface area (Å²) in [4.78, 5) is 52.6. The van der Waals surface area contributed by atoms with E-state index < -0.39 is 0 Å². The lowest BCUT2D eigenvalue weighted by Crippen LogP contribution is -2.14. The van der Waals surface area contributed by atoms with E-state index in [1.54, 1.807) is 0 Å². The number of rotatable bonds is 14. The van der Waals surface area contributed by atoms with Gasteiger partial charge in [0.25, 0.3) is 0 Å². The molecule has 3 aliphatic carbocycles. The molecule has 25 rings (SSSR count). The van der Waals surface area contributed by atoms with Crippen LogP contribution in [0.5, 0.6) is 0 Å². The Morgan fingerprint density at radius 3 is 0.825 bits per heavy atom. The molecule has 674 valence electrons. The van der Waals surface area contributed by atoms with Crippen LogP contribution in [-0.4, -0.2) is 44.9 Å². The molecule has 0 fully saturated rings. The average molecular weight is 1830 g/mol. The van der Waals surface area contributed by atoms with E-state index in [0.29, 0.717) is 69.4 Å². The molecule has 3 aliphatic rings. The lowest BCUT2D eigenvalue weighted by molar-refractivity contribution is 0.660. The minimum atomic E-state index is -0.181. The van der Waals surface area contributed by atoms with Crippen LogP contribution in [0.4, 0.5) is 11.4 Å². The molecule has 0 unspecified atom stereocenters. The van der Waals surface area contributed by atoms with Gasteiger partial charge in [0.05, 0.1) is 24.8 Å². The van der Waals surface area contributed by atoms with E-state index in [1.807, 2.05) is 140 Å². The van der Waals surface area contributed by atoms with Crippen molar-refractivity contribution in [1.82, 2.24) is 44.9 Å². The van der Waals surface area contributed by atoms with Gasteiger partial charge in [-0.05, 0) is 187 Å². The first kappa shape index (κ1) is 88.2. The van der Waals surface area contributed by atoms with Gasteiger partial charge >= 0.3 is 0 Å². The van der Waals surface area contributed by atoms with Crippen LogP contribution in [0.2, 0.25) is 0 Å². The quantitative estimate of drug-likeness (QED) is 0.0963. The number of nitrogens with zero attached hydrogens (tertiary/aromatic N) is 12. The third-order valence-electron chi connectivity index (χ3n) is 28.3. The highest BCUT2D eigenvalue weighted by Crippen LogP contribution is 2.57. The molecule has 0 N–H and O–H groups in total. The van der Waals surface area contributed by atoms with Crippen molar-refractivity contribution >= 4 is 32.9 Å². The van der Waals surface area contributed by atoms with Gasteiger partial charge in [0, 0.05) is 71.9 Å². The number of aromatic nitrogens is 9. The van der Waals surface area contributed by atoms with Crippen LogP contribution >= 0.6 is 0 Å². The van der Waals surface area contributed by atoms with Gasteiger partial charge in [-0.1, -0.05) is 430 Å². The summed E-state index contributed by atoms with van der Waals surface area (Å²) >= 11 is 0. The normalized spacial score (nSPS) is 12.7. The van der Waals surface area contributed by atoms with Gasteiger partial charge in [-0.3, -0.25) is 0 Å². The van der Waals surface area contributed by atoms with Crippen molar-refractivity contribution in [3.63, 3.8) is 0 Å². The minimum absolute atomic E-state index is 0.155. The van der Waals surface area contributed by atoms with E-state index in [-0.39, 0.29) is 16.2 Å². The number of hydrogen-bond acceptors (Lipinski definition) is 10. The van der Waals surface area contributed by atoms with Crippen molar-refractivity contribution in [2.24, 2.45) is 0 Å². The number of nitriles is 1. The Morgan fingerprint density at radius 2 is 0.455 bits per heavy atom. The summed E-state index contributed by atoms with van der Waals surface area (Å²) < 4.78 is 0. The fraction of sp³-hybridized carbons (Fsp3) is 0.0687. The van der Waals surface area contributed by atoms with Crippen molar-refractivity contribution in [2.75, 3.05) is 0 Å². The Balaban J connectivity index is 0.000000120. The maximum Gasteiger partial charge on any atom is 0.195 e. The molecule has 12 nitrogen and oxygen atoms in total. The number of hydrogen-bond donors (Lipinski definition) is 0. The Labute approximate surface area is 831 Å². The van der Waals surface area contributed by atoms with Gasteiger partial charge in [-0.25, -0.2) is 54.5 Å². The molecule has 0 atom stereocenters. The average Bonchev–Trinajstić information content (AvgIpc) is 1.61. The minimum Gasteiger partial charge on any atom is -0.238 e. The molecular weight excluding hydrogens is 1740 g/mol. The molecular formula is C131H90N12. The summed E-state index contributed by atoms with van der Waals surface area (Å²) in [6.07, 6.45) is 0. The van der Waals surface area contributed by atoms with Gasteiger partial charge in [0.15, 0.2) is 63.8 Å². The summed E-state index contributed by atoms with van der Waals surface area (Å²) in [7, 11) is 0. The van der Waals surface area contributed by atoms with Crippen molar-refractivity contribution in [2.45, 2.75) is 57.8 Å². The SMILES string of the molecule is CC1(C)c2cccc(C#N)c2-c2c(-c3ccc(-c4nc(-c5ccccc5)nc(-c5ccccc5)n4)cc3)cccc21.[C-]#[N+]c1cccc2c1-c1cc(-c3ccc(-c4nc(-c5ccc6ccccc6c5)nc(-c5ccc6ccccc6c5)n4)cc3)ccc1C2(C)C.[C-]#[N+]c1cccc2c1-c1cc(-c3ccc(-c4nc(-c5ccccc5)nc(-c5cc(-c6ccccc6)cc(-c6ccccc6)c5)n4)cc3)ccc1C2(C)C. The first-order valence-electron chi connectivity index (χ1n) is 48.0. The van der Waals surface area contributed by atoms with E-state index in [1.165, 1.54) is 44.2 Å². The molecule has 0 bridgehead atoms. The summed E-state index contributed by atoms with van der Waals surface area (Å²) in [5, 5.41) is 14.6. The smallest absolute Gasteiger partial charge is 0.195 e. The lowest BCUT2D eigenvalue weighted by Gasteiger charge is -2.21. The molecule has 12 heteroatoms. The van der Waals surface area contributed by atoms with Gasteiger partial charge in [0.2, 0.25) is 0 Å². The predicted molar refractivity (Wildman–Crippen MR) is 581 cm³/mol. The monoisotopic (exact) mass is 1830 g/mol. The van der Waals surface area contributed by atoms with E-state index in [9.17, 15) is 5.26 Å². The highest BCUT2D eigenvalue weighted by molar-refractivity contribution is 5.98. The molecule has 0 radical (unpaired) electrons. The van der Waals surface area contributed by atoms with Gasteiger partial charge in [-0.15, -0.1) is 0 Å². The van der Waals surface area contributed by atoms with E-state index in [0.717, 1.165) is 150 Å². The summed E-state index contributed by atoms with van der Waals surface area (Å²) in [5.74, 6) is 5.65. The molecule has 0 saturated heterocycles. The second-order valence-corrected chi connectivity index (χ2v) is 38.0. The summed E-state index contributed by atoms with van der Waals surface area (Å²) in [5.41, 5.74) is 35.0. The third kappa shape index (κ3) is 16.5. The Hall–Kier alpha value is -18.8. The van der Waals surface area contributed by atoms with Crippen molar-refractivity contribution in [1.29, 1.82) is 5.26 Å². The van der Waals surface area contributed by atoms with Crippen LogP contribution in [0.15, 0.2) is 437 Å². The topological polar surface area (TPSA) is 149 Å². The van der Waals surface area contributed by atoms with Crippen LogP contribution in [0.1, 0.15) is 80.5 Å². The molecule has 19 aromatic carbocycles. The zero-order valence-electron chi connectivity index (χ0n) is 79.4. The Morgan fingerprint density at radius 1 is 0.189 bits per heavy atom. The van der Waals surface area contributed by atoms with Crippen LogP contribution in [0.3, 0.4) is 0 Å². The first-order chi connectivity index (χ1) is 70.0. The maximum absolute atomic E-state index is 9.96. The standard InChI is InChI=1S/C49H34N4.C45H30N4.C37H26N4/c1-49(2)42-27-26-37(31-41(42)45-43(49)20-13-21-44(45)50-3)34-22-24-36(25-23-34)47-51-46(35-18-11-6-12-19-35)52-48(53-47)40-29-38(32-14-7-4-8-15-32)28-39(30-40)33-16-9-5-10-17-33;1-45(2)38-24-23-34(27-37(38)41-39(45)13-8-14-40(41)46-3)30-15-19-31(20-16-30)42-47-43(35-21-17-28-9-4-6-11-32(28)25-35)49-44(48-42)36-22-18-29-10-5-7-12-33(29)26-36;1-37(2)30-17-9-15-28(23-38)32(30)33-29(16-10-18-31(33)37)24-19-21-27(22-20-24)36-40-34(25-11-5-3-6-12-25)39-35(41-36)26-13-7-4-8-14-26/h4-31H,1-2H3;4-27H,1-2H3;3-22H,1-2H3. The number of fused-ring (bicyclic) bond motifs is 11. The molecule has 143 heavy (non-hydrogen) atoms. The molecule has 0 amide bonds. The highest BCUT2D eigenvalue weighted by atomic mass is 15.1. The second kappa shape index (κ2) is 36.6. The Bertz CT molecular complexity index is 8700. The van der Waals surface area contributed by atoms with Crippen LogP contribution in [0.25, 0.3) is 223 Å². The molecule has 0 aliphatic heterocycles. The van der Waals surface area contributed by atoms with E-state index in [2.05, 4.69) is 355 Å². The van der Waals surface area contributed by atoms with E-state index >= 15 is 0 Å². The van der Waals surface area contributed by atoms with Gasteiger partial charge < -0.3 is 0 Å². The molecule has 0 spiro atoms. The highest BCUT2D eigenvalue weighted by Gasteiger charge is 2.41. The van der Waals surface area contributed by atoms with Crippen molar-refractivity contribution < 1.29 is 0 Å². The zero-order valence-corrected chi connectivity index (χ0v) is 79.4. The van der Waals surface area contributed by atoms with Gasteiger partial charge in [0.1, 0.15) is 0 Å². The molecule has 3 aromatic heterocycles. The predicted octanol–water partition coefficient (Wildman–Crippen LogP) is 33.2. The first-order valence-corrected chi connectivity index (χ1v) is 48.0. The third-order valence-corrected chi connectivity index (χ3v) is 28.3. The molecule has 3 heterocycles. The molecule has 22 aromatic rings. The van der Waals surface area contributed by atoms with Crippen LogP contribution in [-0.2, 0) is 16.2 Å². The molecule has 0 saturated carbocycles. The van der Waals surface area contributed by atoms with Gasteiger partial charge in [-0.2, -0.15) is 5.26 Å². The zero-order chi connectivity index (χ0) is 97.0. The fourth-order valence-electron chi connectivity index (χ4n) is 20.8. The summed E-state index contributed by atoms with van der Waals surface area (Å²) in [6, 6.07) is 153. The van der Waals surface area contributed by atoms with Crippen molar-refractivity contribution in [3.8, 4) is 198 Å². The van der Waals surface area contributed by atoms with Crippen LogP contribution in [0, 0.1) is 24.5 Å². The number of benzene rings is 19. The van der Waals surface area contributed by atoms with Crippen molar-refractivity contribution in [3.05, 3.63) is 499 Å². The Kier molecular flexibility index (Phi) is 22.6. The maximum atomic E-state index is 9.96. The largest absolute Gasteiger partial charge is 0.238 e. The fourth-order valence-corrected chi connectivity index (χ4v) is 20.8. The second-order valence-electron chi connectivity index (χ2n) is 38.0. The van der Waals surface area contributed by atoms with E-state index in [4.69, 9.17) is 58.0 Å². The lowest BCUT2D eigenvalue weighted by atomic mass is 9.82. The van der Waals surface area contributed by atoms with Crippen LogP contribution < -0.4 is 0 Å². The summed E-state index contributed by atoms with van der Waals surface area (Å²) in [6.45, 7) is 29.1.